The fraction of sp³-hybridized carbons (Fsp3) is 0.333. The van der Waals surface area contributed by atoms with Gasteiger partial charge in [0.25, 0.3) is 11.3 Å². The lowest BCUT2D eigenvalue weighted by molar-refractivity contribution is 0.243. The second-order valence-electron chi connectivity index (χ2n) is 6.27. The fourth-order valence-corrected chi connectivity index (χ4v) is 5.23. The summed E-state index contributed by atoms with van der Waals surface area (Å²) in [6, 6.07) is 12.7. The van der Waals surface area contributed by atoms with E-state index in [2.05, 4.69) is 57.2 Å². The maximum absolute atomic E-state index is 12.6. The Hall–Kier alpha value is -1.65. The van der Waals surface area contributed by atoms with Crippen molar-refractivity contribution < 1.29 is 8.39 Å². The molecule has 4 heteroatoms. The summed E-state index contributed by atoms with van der Waals surface area (Å²) >= 11 is -1.42. The van der Waals surface area contributed by atoms with Gasteiger partial charge in [0, 0.05) is 6.42 Å². The molecule has 3 atom stereocenters. The Labute approximate surface area is 133 Å². The molecule has 0 amide bonds. The number of rotatable bonds is 1. The van der Waals surface area contributed by atoms with Gasteiger partial charge in [-0.25, -0.2) is 4.21 Å². The van der Waals surface area contributed by atoms with Crippen LogP contribution in [0.2, 0.25) is 0 Å². The molecule has 114 valence electrons. The molecule has 0 spiro atoms. The molecule has 1 aliphatic heterocycles. The molecule has 2 aromatic carbocycles. The van der Waals surface area contributed by atoms with E-state index >= 15 is 0 Å². The summed E-state index contributed by atoms with van der Waals surface area (Å²) in [5.74, 6) is 0. The zero-order valence-corrected chi connectivity index (χ0v) is 13.8. The van der Waals surface area contributed by atoms with Crippen LogP contribution in [0.5, 0.6) is 0 Å². The van der Waals surface area contributed by atoms with E-state index in [1.54, 1.807) is 0 Å². The van der Waals surface area contributed by atoms with Crippen molar-refractivity contribution in [2.45, 2.75) is 39.3 Å². The number of aryl methyl sites for hydroxylation is 3. The first-order valence-corrected chi connectivity index (χ1v) is 8.63. The Kier molecular flexibility index (Phi) is 3.13. The van der Waals surface area contributed by atoms with Crippen molar-refractivity contribution in [1.29, 1.82) is 0 Å². The van der Waals surface area contributed by atoms with Crippen LogP contribution in [0, 0.1) is 20.8 Å². The largest absolute Gasteiger partial charge is 0.267 e. The van der Waals surface area contributed by atoms with E-state index in [4.69, 9.17) is 4.18 Å². The predicted molar refractivity (Wildman–Crippen MR) is 89.0 cm³/mol. The highest BCUT2D eigenvalue weighted by Crippen LogP contribution is 2.47. The SMILES string of the molecule is Cc1cc(C)c(N2[C@@H]3c4ccccc4C[C@@H]3O[S@@]2=O)c(C)c1. The quantitative estimate of drug-likeness (QED) is 0.803. The van der Waals surface area contributed by atoms with Gasteiger partial charge in [-0.1, -0.05) is 42.0 Å². The highest BCUT2D eigenvalue weighted by atomic mass is 32.2. The predicted octanol–water partition coefficient (Wildman–Crippen LogP) is 3.69. The molecule has 3 nitrogen and oxygen atoms in total. The van der Waals surface area contributed by atoms with Crippen molar-refractivity contribution in [3.05, 3.63) is 64.2 Å². The van der Waals surface area contributed by atoms with E-state index in [0.717, 1.165) is 23.2 Å². The van der Waals surface area contributed by atoms with Gasteiger partial charge in [-0.3, -0.25) is 8.49 Å². The summed E-state index contributed by atoms with van der Waals surface area (Å²) in [6.45, 7) is 6.26. The smallest absolute Gasteiger partial charge is 0.265 e. The Morgan fingerprint density at radius 1 is 1.14 bits per heavy atom. The highest BCUT2D eigenvalue weighted by molar-refractivity contribution is 7.82. The first kappa shape index (κ1) is 14.0. The van der Waals surface area contributed by atoms with Crippen molar-refractivity contribution >= 4 is 17.0 Å². The second kappa shape index (κ2) is 4.93. The first-order valence-electron chi connectivity index (χ1n) is 7.60. The third kappa shape index (κ3) is 1.94. The summed E-state index contributed by atoms with van der Waals surface area (Å²) < 4.78 is 20.3. The van der Waals surface area contributed by atoms with Crippen LogP contribution in [0.25, 0.3) is 0 Å². The molecule has 0 bridgehead atoms. The minimum Gasteiger partial charge on any atom is -0.267 e. The van der Waals surface area contributed by atoms with Gasteiger partial charge in [-0.05, 0) is 43.0 Å². The highest BCUT2D eigenvalue weighted by Gasteiger charge is 2.48. The molecule has 2 aliphatic rings. The minimum atomic E-state index is -1.42. The van der Waals surface area contributed by atoms with Gasteiger partial charge in [0.05, 0.1) is 11.7 Å². The Bertz CT molecular complexity index is 763. The van der Waals surface area contributed by atoms with E-state index in [0.29, 0.717) is 0 Å². The van der Waals surface area contributed by atoms with Crippen LogP contribution in [0.3, 0.4) is 0 Å². The minimum absolute atomic E-state index is 0.0154. The maximum atomic E-state index is 12.6. The van der Waals surface area contributed by atoms with Crippen LogP contribution < -0.4 is 4.31 Å². The van der Waals surface area contributed by atoms with E-state index in [1.165, 1.54) is 16.7 Å². The van der Waals surface area contributed by atoms with Gasteiger partial charge in [0.1, 0.15) is 6.10 Å². The normalized spacial score (nSPS) is 26.1. The van der Waals surface area contributed by atoms with Crippen LogP contribution in [0.15, 0.2) is 36.4 Å². The molecule has 2 aromatic rings. The van der Waals surface area contributed by atoms with E-state index in [1.807, 2.05) is 4.31 Å². The molecule has 1 fully saturated rings. The Morgan fingerprint density at radius 2 is 1.82 bits per heavy atom. The van der Waals surface area contributed by atoms with E-state index < -0.39 is 11.3 Å². The Morgan fingerprint density at radius 3 is 2.55 bits per heavy atom. The average molecular weight is 313 g/mol. The van der Waals surface area contributed by atoms with Crippen LogP contribution >= 0.6 is 0 Å². The van der Waals surface area contributed by atoms with Crippen molar-refractivity contribution in [2.24, 2.45) is 0 Å². The summed E-state index contributed by atoms with van der Waals surface area (Å²) in [5.41, 5.74) is 7.14. The zero-order chi connectivity index (χ0) is 15.4. The molecule has 22 heavy (non-hydrogen) atoms. The molecule has 0 saturated carbocycles. The maximum Gasteiger partial charge on any atom is 0.265 e. The monoisotopic (exact) mass is 313 g/mol. The lowest BCUT2D eigenvalue weighted by Gasteiger charge is -2.26. The molecule has 0 N–H and O–H groups in total. The number of nitrogens with zero attached hydrogens (tertiary/aromatic N) is 1. The lowest BCUT2D eigenvalue weighted by atomic mass is 10.0. The molecule has 0 unspecified atom stereocenters. The van der Waals surface area contributed by atoms with Crippen molar-refractivity contribution in [2.75, 3.05) is 4.31 Å². The molecule has 1 heterocycles. The molecular weight excluding hydrogens is 294 g/mol. The number of benzene rings is 2. The van der Waals surface area contributed by atoms with E-state index in [9.17, 15) is 4.21 Å². The average Bonchev–Trinajstić information content (AvgIpc) is 2.94. The van der Waals surface area contributed by atoms with Crippen LogP contribution in [0.1, 0.15) is 33.9 Å². The number of anilines is 1. The third-order valence-corrected chi connectivity index (χ3v) is 5.76. The molecule has 1 saturated heterocycles. The lowest BCUT2D eigenvalue weighted by Crippen LogP contribution is -2.26. The van der Waals surface area contributed by atoms with Crippen LogP contribution in [-0.4, -0.2) is 10.3 Å². The summed E-state index contributed by atoms with van der Waals surface area (Å²) in [4.78, 5) is 0. The van der Waals surface area contributed by atoms with Gasteiger partial charge in [-0.2, -0.15) is 0 Å². The van der Waals surface area contributed by atoms with Gasteiger partial charge in [0.15, 0.2) is 0 Å². The van der Waals surface area contributed by atoms with Crippen molar-refractivity contribution in [3.63, 3.8) is 0 Å². The second-order valence-corrected chi connectivity index (χ2v) is 7.29. The molecule has 4 rings (SSSR count). The summed E-state index contributed by atoms with van der Waals surface area (Å²) in [7, 11) is 0. The molecule has 1 aliphatic carbocycles. The molecule has 0 radical (unpaired) electrons. The number of hydrogen-bond donors (Lipinski definition) is 0. The summed E-state index contributed by atoms with van der Waals surface area (Å²) in [5, 5.41) is 0. The van der Waals surface area contributed by atoms with Gasteiger partial charge < -0.3 is 0 Å². The first-order chi connectivity index (χ1) is 10.6. The Balaban J connectivity index is 1.87. The van der Waals surface area contributed by atoms with E-state index in [-0.39, 0.29) is 12.1 Å². The number of hydrogen-bond acceptors (Lipinski definition) is 2. The third-order valence-electron chi connectivity index (χ3n) is 4.62. The standard InChI is InChI=1S/C18H19NO2S/c1-11-8-12(2)17(13(3)9-11)19-18-15-7-5-4-6-14(15)10-16(18)21-22(19)20/h4-9,16,18H,10H2,1-3H3/t16-,18+,22-/m0/s1. The van der Waals surface area contributed by atoms with Crippen LogP contribution in [-0.2, 0) is 21.9 Å². The van der Waals surface area contributed by atoms with Crippen LogP contribution in [0.4, 0.5) is 5.69 Å². The molecule has 0 aromatic heterocycles. The van der Waals surface area contributed by atoms with Gasteiger partial charge in [-0.15, -0.1) is 0 Å². The fourth-order valence-electron chi connectivity index (χ4n) is 3.88. The molecular formula is C18H19NO2S. The van der Waals surface area contributed by atoms with Crippen molar-refractivity contribution in [3.8, 4) is 0 Å². The van der Waals surface area contributed by atoms with Crippen molar-refractivity contribution in [1.82, 2.24) is 0 Å². The topological polar surface area (TPSA) is 29.5 Å². The van der Waals surface area contributed by atoms with Gasteiger partial charge >= 0.3 is 0 Å². The van der Waals surface area contributed by atoms with Gasteiger partial charge in [0.2, 0.25) is 0 Å². The zero-order valence-electron chi connectivity index (χ0n) is 13.0. The number of fused-ring (bicyclic) bond motifs is 3. The summed E-state index contributed by atoms with van der Waals surface area (Å²) in [6.07, 6.45) is 0.825.